The minimum Gasteiger partial charge on any atom is -0.406 e. The number of hydrogen-bond acceptors (Lipinski definition) is 5. The van der Waals surface area contributed by atoms with Gasteiger partial charge in [0.25, 0.3) is 5.91 Å². The minimum atomic E-state index is -4.79. The second-order valence-electron chi connectivity index (χ2n) is 6.01. The molecular weight excluding hydrogens is 363 g/mol. The molecular formula is C18H18F3N3O3. The largest absolute Gasteiger partial charge is 0.573 e. The summed E-state index contributed by atoms with van der Waals surface area (Å²) in [5.74, 6) is -0.801. The number of halogens is 3. The lowest BCUT2D eigenvalue weighted by Gasteiger charge is -2.16. The van der Waals surface area contributed by atoms with Gasteiger partial charge in [-0.05, 0) is 44.5 Å². The summed E-state index contributed by atoms with van der Waals surface area (Å²) in [5, 5.41) is 2.66. The number of benzene rings is 1. The molecule has 0 saturated carbocycles. The number of carbonyl (C=O) groups is 2. The fourth-order valence-electron chi connectivity index (χ4n) is 2.38. The van der Waals surface area contributed by atoms with E-state index in [0.29, 0.717) is 11.3 Å². The number of carbonyl (C=O) groups excluding carboxylic acids is 2. The van der Waals surface area contributed by atoms with E-state index < -0.39 is 18.3 Å². The number of aryl methyl sites for hydroxylation is 1. The van der Waals surface area contributed by atoms with Gasteiger partial charge in [-0.25, -0.2) is 9.97 Å². The number of rotatable bonds is 6. The van der Waals surface area contributed by atoms with Crippen molar-refractivity contribution in [1.29, 1.82) is 0 Å². The molecule has 1 aromatic heterocycles. The molecule has 144 valence electrons. The summed E-state index contributed by atoms with van der Waals surface area (Å²) in [6, 6.07) is 6.22. The van der Waals surface area contributed by atoms with Crippen LogP contribution in [0.5, 0.6) is 5.75 Å². The van der Waals surface area contributed by atoms with Crippen LogP contribution in [0.15, 0.2) is 30.3 Å². The van der Waals surface area contributed by atoms with Crippen LogP contribution in [0.2, 0.25) is 0 Å². The van der Waals surface area contributed by atoms with Crippen molar-refractivity contribution in [2.45, 2.75) is 39.6 Å². The normalized spacial score (nSPS) is 12.4. The second-order valence-corrected chi connectivity index (χ2v) is 6.01. The summed E-state index contributed by atoms with van der Waals surface area (Å²) in [4.78, 5) is 31.8. The third-order valence-corrected chi connectivity index (χ3v) is 3.48. The summed E-state index contributed by atoms with van der Waals surface area (Å²) >= 11 is 0. The Balaban J connectivity index is 2.15. The van der Waals surface area contributed by atoms with Gasteiger partial charge in [-0.15, -0.1) is 13.2 Å². The number of nitrogens with zero attached hydrogens (tertiary/aromatic N) is 2. The van der Waals surface area contributed by atoms with Gasteiger partial charge in [0.15, 0.2) is 0 Å². The fourth-order valence-corrected chi connectivity index (χ4v) is 2.38. The maximum absolute atomic E-state index is 12.4. The number of Topliss-reactive ketones (excluding diaryl/α,β-unsaturated/α-hetero) is 1. The van der Waals surface area contributed by atoms with E-state index in [9.17, 15) is 22.8 Å². The average molecular weight is 381 g/mol. The van der Waals surface area contributed by atoms with E-state index in [0.717, 1.165) is 0 Å². The summed E-state index contributed by atoms with van der Waals surface area (Å²) in [7, 11) is 0. The minimum absolute atomic E-state index is 0.00827. The quantitative estimate of drug-likeness (QED) is 0.830. The highest BCUT2D eigenvalue weighted by atomic mass is 19.4. The van der Waals surface area contributed by atoms with Crippen LogP contribution in [0.1, 0.15) is 47.5 Å². The smallest absolute Gasteiger partial charge is 0.406 e. The van der Waals surface area contributed by atoms with Gasteiger partial charge in [0.1, 0.15) is 23.1 Å². The summed E-state index contributed by atoms with van der Waals surface area (Å²) in [5.41, 5.74) is 1.03. The summed E-state index contributed by atoms with van der Waals surface area (Å²) in [6.07, 6.45) is -4.79. The molecule has 1 amide bonds. The Morgan fingerprint density at radius 2 is 1.93 bits per heavy atom. The molecule has 0 radical (unpaired) electrons. The Hall–Kier alpha value is -2.97. The standard InChI is InChI=1S/C18H18F3N3O3/c1-10-7-15(24-16(22-10)8-11(2)25)17(26)23-12(3)13-5-4-6-14(9-13)27-18(19,20)21/h4-7,9,12H,8H2,1-3H3,(H,23,26). The molecule has 0 aliphatic carbocycles. The van der Waals surface area contributed by atoms with Gasteiger partial charge in [-0.2, -0.15) is 0 Å². The van der Waals surface area contributed by atoms with E-state index >= 15 is 0 Å². The van der Waals surface area contributed by atoms with E-state index in [1.807, 2.05) is 0 Å². The van der Waals surface area contributed by atoms with Crippen LogP contribution in [-0.4, -0.2) is 28.0 Å². The Labute approximate surface area is 153 Å². The third kappa shape index (κ3) is 6.36. The fraction of sp³-hybridized carbons (Fsp3) is 0.333. The SMILES string of the molecule is CC(=O)Cc1nc(C)cc(C(=O)NC(C)c2cccc(OC(F)(F)F)c2)n1. The van der Waals surface area contributed by atoms with E-state index in [1.54, 1.807) is 19.9 Å². The van der Waals surface area contributed by atoms with Crippen LogP contribution in [-0.2, 0) is 11.2 Å². The van der Waals surface area contributed by atoms with Crippen LogP contribution in [0.3, 0.4) is 0 Å². The zero-order valence-electron chi connectivity index (χ0n) is 14.9. The van der Waals surface area contributed by atoms with Crippen LogP contribution in [0.4, 0.5) is 13.2 Å². The third-order valence-electron chi connectivity index (χ3n) is 3.48. The molecule has 0 aliphatic rings. The Morgan fingerprint density at radius 3 is 2.56 bits per heavy atom. The number of ketones is 1. The van der Waals surface area contributed by atoms with Crippen molar-refractivity contribution in [2.75, 3.05) is 0 Å². The molecule has 2 rings (SSSR count). The molecule has 1 N–H and O–H groups in total. The van der Waals surface area contributed by atoms with Crippen LogP contribution in [0.25, 0.3) is 0 Å². The first-order valence-electron chi connectivity index (χ1n) is 8.04. The topological polar surface area (TPSA) is 81.2 Å². The lowest BCUT2D eigenvalue weighted by molar-refractivity contribution is -0.274. The predicted molar refractivity (Wildman–Crippen MR) is 90.2 cm³/mol. The second kappa shape index (κ2) is 8.15. The highest BCUT2D eigenvalue weighted by molar-refractivity contribution is 5.92. The zero-order chi connectivity index (χ0) is 20.2. The number of amides is 1. The molecule has 1 unspecified atom stereocenters. The molecule has 27 heavy (non-hydrogen) atoms. The van der Waals surface area contributed by atoms with Crippen molar-refractivity contribution in [1.82, 2.24) is 15.3 Å². The molecule has 1 heterocycles. The van der Waals surface area contributed by atoms with Gasteiger partial charge in [0.2, 0.25) is 0 Å². The lowest BCUT2D eigenvalue weighted by atomic mass is 10.1. The lowest BCUT2D eigenvalue weighted by Crippen LogP contribution is -2.28. The Morgan fingerprint density at radius 1 is 1.22 bits per heavy atom. The predicted octanol–water partition coefficient (Wildman–Crippen LogP) is 3.31. The molecule has 6 nitrogen and oxygen atoms in total. The van der Waals surface area contributed by atoms with Crippen molar-refractivity contribution in [3.05, 3.63) is 53.1 Å². The molecule has 0 saturated heterocycles. The first kappa shape index (κ1) is 20.3. The molecule has 0 bridgehead atoms. The number of nitrogens with one attached hydrogen (secondary N) is 1. The molecule has 2 aromatic rings. The van der Waals surface area contributed by atoms with Gasteiger partial charge in [0.05, 0.1) is 12.5 Å². The van der Waals surface area contributed by atoms with E-state index in [4.69, 9.17) is 0 Å². The zero-order valence-corrected chi connectivity index (χ0v) is 14.9. The molecule has 1 aromatic carbocycles. The molecule has 9 heteroatoms. The molecule has 0 spiro atoms. The number of aromatic nitrogens is 2. The van der Waals surface area contributed by atoms with Crippen LogP contribution < -0.4 is 10.1 Å². The Bertz CT molecular complexity index is 853. The number of alkyl halides is 3. The number of hydrogen-bond donors (Lipinski definition) is 1. The van der Waals surface area contributed by atoms with Crippen molar-refractivity contribution in [3.63, 3.8) is 0 Å². The highest BCUT2D eigenvalue weighted by Gasteiger charge is 2.31. The first-order chi connectivity index (χ1) is 12.5. The average Bonchev–Trinajstić information content (AvgIpc) is 2.52. The summed E-state index contributed by atoms with van der Waals surface area (Å²) < 4.78 is 40.9. The van der Waals surface area contributed by atoms with Gasteiger partial charge < -0.3 is 10.1 Å². The van der Waals surface area contributed by atoms with E-state index in [2.05, 4.69) is 20.0 Å². The molecule has 0 aliphatic heterocycles. The number of ether oxygens (including phenoxy) is 1. The van der Waals surface area contributed by atoms with Crippen LogP contribution in [0, 0.1) is 6.92 Å². The van der Waals surface area contributed by atoms with Crippen molar-refractivity contribution in [3.8, 4) is 5.75 Å². The first-order valence-corrected chi connectivity index (χ1v) is 8.04. The highest BCUT2D eigenvalue weighted by Crippen LogP contribution is 2.25. The maximum atomic E-state index is 12.4. The van der Waals surface area contributed by atoms with Crippen molar-refractivity contribution < 1.29 is 27.5 Å². The van der Waals surface area contributed by atoms with Crippen LogP contribution >= 0.6 is 0 Å². The van der Waals surface area contributed by atoms with Crippen molar-refractivity contribution in [2.24, 2.45) is 0 Å². The molecule has 0 fully saturated rings. The van der Waals surface area contributed by atoms with Gasteiger partial charge in [-0.3, -0.25) is 9.59 Å². The Kier molecular flexibility index (Phi) is 6.14. The monoisotopic (exact) mass is 381 g/mol. The van der Waals surface area contributed by atoms with E-state index in [-0.39, 0.29) is 29.5 Å². The molecule has 1 atom stereocenters. The van der Waals surface area contributed by atoms with E-state index in [1.165, 1.54) is 31.2 Å². The van der Waals surface area contributed by atoms with Gasteiger partial charge >= 0.3 is 6.36 Å². The summed E-state index contributed by atoms with van der Waals surface area (Å²) in [6.45, 7) is 4.68. The van der Waals surface area contributed by atoms with Crippen molar-refractivity contribution >= 4 is 11.7 Å². The maximum Gasteiger partial charge on any atom is 0.573 e. The van der Waals surface area contributed by atoms with Gasteiger partial charge in [0, 0.05) is 5.69 Å². The van der Waals surface area contributed by atoms with Gasteiger partial charge in [-0.1, -0.05) is 12.1 Å².